The van der Waals surface area contributed by atoms with E-state index in [1.165, 1.54) is 18.2 Å². The number of aromatic nitrogens is 1. The van der Waals surface area contributed by atoms with Crippen molar-refractivity contribution in [2.45, 2.75) is 26.4 Å². The Morgan fingerprint density at radius 1 is 1.24 bits per heavy atom. The van der Waals surface area contributed by atoms with Gasteiger partial charge < -0.3 is 19.8 Å². The number of ether oxygens (including phenoxy) is 1. The van der Waals surface area contributed by atoms with Crippen LogP contribution in [0.2, 0.25) is 0 Å². The third-order valence-corrected chi connectivity index (χ3v) is 2.95. The SMILES string of the molecule is CC(C)(C)OC(=O)NCCNC(=O)c1ncoc1-c1cccc(F)c1. The number of hydrogen-bond acceptors (Lipinski definition) is 5. The third kappa shape index (κ3) is 5.59. The number of nitrogens with one attached hydrogen (secondary N) is 2. The monoisotopic (exact) mass is 349 g/mol. The van der Waals surface area contributed by atoms with Gasteiger partial charge in [0.2, 0.25) is 0 Å². The summed E-state index contributed by atoms with van der Waals surface area (Å²) in [5.41, 5.74) is -0.133. The van der Waals surface area contributed by atoms with E-state index in [0.29, 0.717) is 5.56 Å². The van der Waals surface area contributed by atoms with Crippen molar-refractivity contribution in [3.05, 3.63) is 42.2 Å². The molecule has 0 aliphatic heterocycles. The van der Waals surface area contributed by atoms with Crippen LogP contribution in [-0.4, -0.2) is 35.7 Å². The predicted octanol–water partition coefficient (Wildman–Crippen LogP) is 2.74. The second-order valence-electron chi connectivity index (χ2n) is 6.23. The van der Waals surface area contributed by atoms with Gasteiger partial charge in [-0.15, -0.1) is 0 Å². The highest BCUT2D eigenvalue weighted by molar-refractivity contribution is 5.97. The van der Waals surface area contributed by atoms with Crippen LogP contribution in [0.1, 0.15) is 31.3 Å². The Balaban J connectivity index is 1.88. The Morgan fingerprint density at radius 3 is 2.64 bits per heavy atom. The van der Waals surface area contributed by atoms with Crippen LogP contribution in [-0.2, 0) is 4.74 Å². The fraction of sp³-hybridized carbons (Fsp3) is 0.353. The first-order valence-electron chi connectivity index (χ1n) is 7.71. The zero-order valence-corrected chi connectivity index (χ0v) is 14.3. The number of benzene rings is 1. The fourth-order valence-corrected chi connectivity index (χ4v) is 1.98. The number of rotatable bonds is 5. The molecule has 0 bridgehead atoms. The van der Waals surface area contributed by atoms with Crippen LogP contribution in [0.4, 0.5) is 9.18 Å². The highest BCUT2D eigenvalue weighted by Gasteiger charge is 2.19. The number of carbonyl (C=O) groups is 2. The summed E-state index contributed by atoms with van der Waals surface area (Å²) in [5, 5.41) is 5.13. The molecule has 2 rings (SSSR count). The first-order valence-corrected chi connectivity index (χ1v) is 7.71. The Hall–Kier alpha value is -2.90. The van der Waals surface area contributed by atoms with E-state index >= 15 is 0 Å². The van der Waals surface area contributed by atoms with Crippen molar-refractivity contribution in [1.82, 2.24) is 15.6 Å². The van der Waals surface area contributed by atoms with Crippen molar-refractivity contribution >= 4 is 12.0 Å². The Morgan fingerprint density at radius 2 is 1.96 bits per heavy atom. The van der Waals surface area contributed by atoms with Crippen LogP contribution < -0.4 is 10.6 Å². The molecule has 2 aromatic rings. The van der Waals surface area contributed by atoms with Crippen molar-refractivity contribution in [1.29, 1.82) is 0 Å². The molecule has 1 aromatic heterocycles. The van der Waals surface area contributed by atoms with Crippen molar-refractivity contribution in [3.8, 4) is 11.3 Å². The molecule has 2 N–H and O–H groups in total. The second kappa shape index (κ2) is 7.78. The average molecular weight is 349 g/mol. The highest BCUT2D eigenvalue weighted by atomic mass is 19.1. The molecule has 0 saturated carbocycles. The number of amides is 2. The molecule has 2 amide bonds. The van der Waals surface area contributed by atoms with Crippen LogP contribution >= 0.6 is 0 Å². The summed E-state index contributed by atoms with van der Waals surface area (Å²) in [7, 11) is 0. The van der Waals surface area contributed by atoms with E-state index < -0.39 is 23.4 Å². The number of oxazole rings is 1. The van der Waals surface area contributed by atoms with E-state index in [2.05, 4.69) is 15.6 Å². The minimum atomic E-state index is -0.589. The molecular weight excluding hydrogens is 329 g/mol. The van der Waals surface area contributed by atoms with Crippen molar-refractivity contribution < 1.29 is 23.1 Å². The van der Waals surface area contributed by atoms with Gasteiger partial charge in [0.15, 0.2) is 17.8 Å². The van der Waals surface area contributed by atoms with E-state index in [1.807, 2.05) is 0 Å². The lowest BCUT2D eigenvalue weighted by atomic mass is 10.1. The summed E-state index contributed by atoms with van der Waals surface area (Å²) in [6.07, 6.45) is 0.553. The largest absolute Gasteiger partial charge is 0.444 e. The molecule has 8 heteroatoms. The standard InChI is InChI=1S/C17H20FN3O4/c1-17(2,3)25-16(23)20-8-7-19-15(22)13-14(24-10-21-13)11-5-4-6-12(18)9-11/h4-6,9-10H,7-8H2,1-3H3,(H,19,22)(H,20,23). The first-order chi connectivity index (χ1) is 11.8. The van der Waals surface area contributed by atoms with Crippen molar-refractivity contribution in [2.24, 2.45) is 0 Å². The van der Waals surface area contributed by atoms with Crippen molar-refractivity contribution in [2.75, 3.05) is 13.1 Å². The molecule has 0 radical (unpaired) electrons. The number of halogens is 1. The minimum Gasteiger partial charge on any atom is -0.444 e. The molecule has 7 nitrogen and oxygen atoms in total. The van der Waals surface area contributed by atoms with E-state index in [9.17, 15) is 14.0 Å². The summed E-state index contributed by atoms with van der Waals surface area (Å²) in [4.78, 5) is 27.6. The van der Waals surface area contributed by atoms with Gasteiger partial charge in [0, 0.05) is 18.7 Å². The number of carbonyl (C=O) groups excluding carboxylic acids is 2. The zero-order chi connectivity index (χ0) is 18.4. The van der Waals surface area contributed by atoms with E-state index in [4.69, 9.17) is 9.15 Å². The van der Waals surface area contributed by atoms with Crippen molar-refractivity contribution in [3.63, 3.8) is 0 Å². The lowest BCUT2D eigenvalue weighted by molar-refractivity contribution is 0.0526. The Bertz CT molecular complexity index is 752. The quantitative estimate of drug-likeness (QED) is 0.810. The van der Waals surface area contributed by atoms with Gasteiger partial charge in [-0.3, -0.25) is 4.79 Å². The lowest BCUT2D eigenvalue weighted by Crippen LogP contribution is -2.38. The molecule has 0 atom stereocenters. The molecule has 0 fully saturated rings. The van der Waals surface area contributed by atoms with Crippen LogP contribution in [0.15, 0.2) is 35.1 Å². The zero-order valence-electron chi connectivity index (χ0n) is 14.3. The molecule has 1 aromatic carbocycles. The van der Waals surface area contributed by atoms with Gasteiger partial charge in [-0.25, -0.2) is 14.2 Å². The van der Waals surface area contributed by atoms with E-state index in [-0.39, 0.29) is 24.5 Å². The highest BCUT2D eigenvalue weighted by Crippen LogP contribution is 2.23. The Labute approximate surface area is 144 Å². The maximum atomic E-state index is 13.3. The van der Waals surface area contributed by atoms with Crippen LogP contribution in [0.3, 0.4) is 0 Å². The number of alkyl carbamates (subject to hydrolysis) is 1. The van der Waals surface area contributed by atoms with Crippen LogP contribution in [0.5, 0.6) is 0 Å². The second-order valence-corrected chi connectivity index (χ2v) is 6.23. The van der Waals surface area contributed by atoms with Gasteiger partial charge in [0.25, 0.3) is 5.91 Å². The van der Waals surface area contributed by atoms with Crippen LogP contribution in [0.25, 0.3) is 11.3 Å². The van der Waals surface area contributed by atoms with Gasteiger partial charge in [0.05, 0.1) is 0 Å². The lowest BCUT2D eigenvalue weighted by Gasteiger charge is -2.19. The molecule has 25 heavy (non-hydrogen) atoms. The number of hydrogen-bond donors (Lipinski definition) is 2. The normalized spacial score (nSPS) is 11.0. The summed E-state index contributed by atoms with van der Waals surface area (Å²) in [6.45, 7) is 5.63. The van der Waals surface area contributed by atoms with Gasteiger partial charge in [0.1, 0.15) is 11.4 Å². The van der Waals surface area contributed by atoms with Gasteiger partial charge >= 0.3 is 6.09 Å². The summed E-state index contributed by atoms with van der Waals surface area (Å²) in [5.74, 6) is -0.752. The minimum absolute atomic E-state index is 0.0443. The smallest absolute Gasteiger partial charge is 0.407 e. The summed E-state index contributed by atoms with van der Waals surface area (Å²) >= 11 is 0. The Kier molecular flexibility index (Phi) is 5.74. The summed E-state index contributed by atoms with van der Waals surface area (Å²) < 4.78 is 23.6. The molecule has 0 aliphatic carbocycles. The molecule has 1 heterocycles. The molecule has 0 saturated heterocycles. The maximum absolute atomic E-state index is 13.3. The van der Waals surface area contributed by atoms with E-state index in [0.717, 1.165) is 6.39 Å². The molecule has 0 unspecified atom stereocenters. The van der Waals surface area contributed by atoms with E-state index in [1.54, 1.807) is 26.8 Å². The molecular formula is C17H20FN3O4. The van der Waals surface area contributed by atoms with Crippen LogP contribution in [0, 0.1) is 5.82 Å². The maximum Gasteiger partial charge on any atom is 0.407 e. The molecule has 0 aliphatic rings. The summed E-state index contributed by atoms with van der Waals surface area (Å²) in [6, 6.07) is 5.67. The molecule has 134 valence electrons. The molecule has 0 spiro atoms. The fourth-order valence-electron chi connectivity index (χ4n) is 1.98. The average Bonchev–Trinajstić information content (AvgIpc) is 2.99. The topological polar surface area (TPSA) is 93.5 Å². The first kappa shape index (κ1) is 18.4. The number of nitrogens with zero attached hydrogens (tertiary/aromatic N) is 1. The van der Waals surface area contributed by atoms with Gasteiger partial charge in [-0.05, 0) is 32.9 Å². The predicted molar refractivity (Wildman–Crippen MR) is 88.5 cm³/mol. The third-order valence-electron chi connectivity index (χ3n) is 2.95. The van der Waals surface area contributed by atoms with Gasteiger partial charge in [-0.2, -0.15) is 0 Å². The van der Waals surface area contributed by atoms with Gasteiger partial charge in [-0.1, -0.05) is 12.1 Å².